The van der Waals surface area contributed by atoms with Crippen molar-refractivity contribution in [3.63, 3.8) is 0 Å². The van der Waals surface area contributed by atoms with Crippen molar-refractivity contribution >= 4 is 5.91 Å². The van der Waals surface area contributed by atoms with Gasteiger partial charge in [0.05, 0.1) is 36.6 Å². The van der Waals surface area contributed by atoms with Crippen LogP contribution >= 0.6 is 0 Å². The van der Waals surface area contributed by atoms with Gasteiger partial charge in [-0.15, -0.1) is 4.80 Å². The highest BCUT2D eigenvalue weighted by Crippen LogP contribution is 2.42. The molecule has 2 aliphatic heterocycles. The Morgan fingerprint density at radius 2 is 1.94 bits per heavy atom. The maximum atomic E-state index is 13.9. The quantitative estimate of drug-likeness (QED) is 0.589. The lowest BCUT2D eigenvalue weighted by Gasteiger charge is -2.53. The van der Waals surface area contributed by atoms with Crippen LogP contribution in [0.5, 0.6) is 5.88 Å². The SMILES string of the molecule is Cc1ccc(-n2nccn2)c(C(=O)N2[C@H](CO)[C@@H]3CC[C@H]2[C@H](Oc2ccc(C(F)(F)F)cn2)C3)n1. The Labute approximate surface area is 198 Å². The number of nitrogens with zero attached hydrogens (tertiary/aromatic N) is 6. The summed E-state index contributed by atoms with van der Waals surface area (Å²) in [6.07, 6.45) is 0.722. The molecule has 1 saturated carbocycles. The molecular weight excluding hydrogens is 465 g/mol. The molecule has 0 spiro atoms. The van der Waals surface area contributed by atoms with Crippen LogP contribution in [0, 0.1) is 12.8 Å². The minimum Gasteiger partial charge on any atom is -0.472 e. The molecule has 9 nitrogen and oxygen atoms in total. The molecule has 6 rings (SSSR count). The number of rotatable bonds is 5. The second-order valence-corrected chi connectivity index (χ2v) is 8.78. The van der Waals surface area contributed by atoms with Gasteiger partial charge in [-0.2, -0.15) is 23.4 Å². The molecule has 1 N–H and O–H groups in total. The number of fused-ring (bicyclic) bond motifs is 3. The number of carbonyl (C=O) groups excluding carboxylic acids is 1. The Morgan fingerprint density at radius 1 is 1.17 bits per heavy atom. The smallest absolute Gasteiger partial charge is 0.417 e. The first-order chi connectivity index (χ1) is 16.8. The Kier molecular flexibility index (Phi) is 5.91. The summed E-state index contributed by atoms with van der Waals surface area (Å²) in [5.41, 5.74) is 0.329. The van der Waals surface area contributed by atoms with Gasteiger partial charge >= 0.3 is 6.18 Å². The fourth-order valence-electron chi connectivity index (χ4n) is 5.05. The number of carbonyl (C=O) groups is 1. The van der Waals surface area contributed by atoms with Gasteiger partial charge in [0.15, 0.2) is 5.69 Å². The van der Waals surface area contributed by atoms with E-state index in [4.69, 9.17) is 4.74 Å². The average Bonchev–Trinajstić information content (AvgIpc) is 3.38. The molecule has 2 saturated heterocycles. The molecule has 3 aromatic rings. The number of amides is 1. The molecular formula is C23H23F3N6O3. The van der Waals surface area contributed by atoms with Crippen molar-refractivity contribution in [2.75, 3.05) is 6.61 Å². The van der Waals surface area contributed by atoms with E-state index in [0.717, 1.165) is 18.7 Å². The maximum Gasteiger partial charge on any atom is 0.417 e. The van der Waals surface area contributed by atoms with Gasteiger partial charge in [-0.05, 0) is 50.3 Å². The number of pyridine rings is 2. The summed E-state index contributed by atoms with van der Waals surface area (Å²) in [5, 5.41) is 18.4. The van der Waals surface area contributed by atoms with Crippen LogP contribution in [-0.4, -0.2) is 65.7 Å². The summed E-state index contributed by atoms with van der Waals surface area (Å²) in [4.78, 5) is 25.1. The molecule has 3 fully saturated rings. The van der Waals surface area contributed by atoms with E-state index in [1.807, 2.05) is 0 Å². The second-order valence-electron chi connectivity index (χ2n) is 8.78. The van der Waals surface area contributed by atoms with Crippen LogP contribution in [0.1, 0.15) is 41.0 Å². The van der Waals surface area contributed by atoms with E-state index in [1.165, 1.54) is 23.3 Å². The van der Waals surface area contributed by atoms with E-state index in [1.54, 1.807) is 24.0 Å². The standard InChI is InChI=1S/C23H23F3N6O3/c1-13-2-5-17(32-28-8-9-29-32)21(30-13)22(34)31-16-6-3-14(18(31)12-33)10-19(16)35-20-7-4-15(11-27-20)23(24,25)26/h2,4-5,7-9,11,14,16,18-19,33H,3,6,10,12H2,1H3/t14-,16+,18-,19-/m1/s1. The van der Waals surface area contributed by atoms with Crippen LogP contribution in [0.2, 0.25) is 0 Å². The minimum absolute atomic E-state index is 0.0375. The van der Waals surface area contributed by atoms with E-state index < -0.39 is 29.9 Å². The highest BCUT2D eigenvalue weighted by atomic mass is 19.4. The van der Waals surface area contributed by atoms with Crippen LogP contribution in [-0.2, 0) is 6.18 Å². The second kappa shape index (κ2) is 8.91. The zero-order chi connectivity index (χ0) is 24.7. The number of alkyl halides is 3. The summed E-state index contributed by atoms with van der Waals surface area (Å²) < 4.78 is 44.6. The van der Waals surface area contributed by atoms with Gasteiger partial charge < -0.3 is 14.7 Å². The van der Waals surface area contributed by atoms with Crippen molar-refractivity contribution in [3.8, 4) is 11.6 Å². The Balaban J connectivity index is 1.45. The van der Waals surface area contributed by atoms with Crippen LogP contribution in [0.25, 0.3) is 5.69 Å². The number of piperidine rings is 2. The van der Waals surface area contributed by atoms with Crippen molar-refractivity contribution in [2.24, 2.45) is 5.92 Å². The predicted molar refractivity (Wildman–Crippen MR) is 116 cm³/mol. The number of aryl methyl sites for hydroxylation is 1. The molecule has 3 aliphatic rings. The number of halogens is 3. The van der Waals surface area contributed by atoms with Crippen LogP contribution in [0.3, 0.4) is 0 Å². The van der Waals surface area contributed by atoms with Gasteiger partial charge in [-0.1, -0.05) is 0 Å². The molecule has 0 unspecified atom stereocenters. The fourth-order valence-corrected chi connectivity index (χ4v) is 5.05. The lowest BCUT2D eigenvalue weighted by molar-refractivity contribution is -0.137. The first-order valence-corrected chi connectivity index (χ1v) is 11.2. The predicted octanol–water partition coefficient (Wildman–Crippen LogP) is 2.82. The van der Waals surface area contributed by atoms with Crippen molar-refractivity contribution in [3.05, 3.63) is 59.8 Å². The molecule has 0 aromatic carbocycles. The van der Waals surface area contributed by atoms with Crippen molar-refractivity contribution in [1.82, 2.24) is 29.9 Å². The lowest BCUT2D eigenvalue weighted by atomic mass is 9.73. The fraction of sp³-hybridized carbons (Fsp3) is 0.435. The zero-order valence-electron chi connectivity index (χ0n) is 18.8. The zero-order valence-corrected chi connectivity index (χ0v) is 18.8. The summed E-state index contributed by atoms with van der Waals surface area (Å²) >= 11 is 0. The van der Waals surface area contributed by atoms with E-state index >= 15 is 0 Å². The molecule has 5 heterocycles. The Bertz CT molecular complexity index is 1200. The number of aliphatic hydroxyl groups is 1. The lowest BCUT2D eigenvalue weighted by Crippen LogP contribution is -2.65. The van der Waals surface area contributed by atoms with Gasteiger partial charge in [0, 0.05) is 18.0 Å². The first kappa shape index (κ1) is 23.2. The molecule has 2 bridgehead atoms. The van der Waals surface area contributed by atoms with Crippen LogP contribution < -0.4 is 4.74 Å². The molecule has 0 radical (unpaired) electrons. The van der Waals surface area contributed by atoms with Crippen molar-refractivity contribution in [1.29, 1.82) is 0 Å². The van der Waals surface area contributed by atoms with Gasteiger partial charge in [-0.25, -0.2) is 9.97 Å². The van der Waals surface area contributed by atoms with Gasteiger partial charge in [0.2, 0.25) is 5.88 Å². The van der Waals surface area contributed by atoms with Gasteiger partial charge in [0.25, 0.3) is 5.91 Å². The molecule has 3 aromatic heterocycles. The highest BCUT2D eigenvalue weighted by molar-refractivity contribution is 5.96. The van der Waals surface area contributed by atoms with Crippen LogP contribution in [0.15, 0.2) is 42.9 Å². The molecule has 184 valence electrons. The normalized spacial score (nSPS) is 24.0. The maximum absolute atomic E-state index is 13.9. The first-order valence-electron chi connectivity index (χ1n) is 11.2. The molecule has 35 heavy (non-hydrogen) atoms. The molecule has 1 amide bonds. The highest BCUT2D eigenvalue weighted by Gasteiger charge is 2.50. The number of aliphatic hydroxyl groups excluding tert-OH is 1. The van der Waals surface area contributed by atoms with Crippen molar-refractivity contribution in [2.45, 2.75) is 50.6 Å². The average molecular weight is 488 g/mol. The molecule has 4 atom stereocenters. The number of hydrogen-bond donors (Lipinski definition) is 1. The molecule has 1 aliphatic carbocycles. The summed E-state index contributed by atoms with van der Waals surface area (Å²) in [5.74, 6) is -0.369. The third-order valence-electron chi connectivity index (χ3n) is 6.66. The van der Waals surface area contributed by atoms with Gasteiger partial charge in [-0.3, -0.25) is 4.79 Å². The largest absolute Gasteiger partial charge is 0.472 e. The van der Waals surface area contributed by atoms with E-state index in [9.17, 15) is 23.1 Å². The van der Waals surface area contributed by atoms with Crippen LogP contribution in [0.4, 0.5) is 13.2 Å². The molecule has 12 heteroatoms. The van der Waals surface area contributed by atoms with Crippen molar-refractivity contribution < 1.29 is 27.8 Å². The van der Waals surface area contributed by atoms with E-state index in [-0.39, 0.29) is 30.0 Å². The summed E-state index contributed by atoms with van der Waals surface area (Å²) in [7, 11) is 0. The summed E-state index contributed by atoms with van der Waals surface area (Å²) in [6, 6.07) is 4.74. The Morgan fingerprint density at radius 3 is 2.60 bits per heavy atom. The third-order valence-corrected chi connectivity index (χ3v) is 6.66. The van der Waals surface area contributed by atoms with Gasteiger partial charge in [0.1, 0.15) is 11.8 Å². The van der Waals surface area contributed by atoms with E-state index in [2.05, 4.69) is 20.2 Å². The van der Waals surface area contributed by atoms with E-state index in [0.29, 0.717) is 24.2 Å². The number of ether oxygens (including phenoxy) is 1. The monoisotopic (exact) mass is 488 g/mol. The third kappa shape index (κ3) is 4.33. The minimum atomic E-state index is -4.49. The summed E-state index contributed by atoms with van der Waals surface area (Å²) in [6.45, 7) is 1.55. The Hall–Kier alpha value is -3.54. The number of aromatic nitrogens is 5. The topological polar surface area (TPSA) is 106 Å². The number of hydrogen-bond acceptors (Lipinski definition) is 7.